The molecule has 11 atom stereocenters. The third kappa shape index (κ3) is 5.11. The molecule has 6 aliphatic rings. The number of rotatable bonds is 6. The molecule has 0 radical (unpaired) electrons. The predicted molar refractivity (Wildman–Crippen MR) is 179 cm³/mol. The maximum atomic E-state index is 14.7. The highest BCUT2D eigenvalue weighted by Crippen LogP contribution is 2.75. The van der Waals surface area contributed by atoms with Gasteiger partial charge in [0.2, 0.25) is 5.76 Å². The van der Waals surface area contributed by atoms with Crippen LogP contribution < -0.4 is 0 Å². The highest BCUT2D eigenvalue weighted by atomic mass is 16.6. The lowest BCUT2D eigenvalue weighted by atomic mass is 9.33. The van der Waals surface area contributed by atoms with Crippen LogP contribution in [0.25, 0.3) is 0 Å². The third-order valence-corrected chi connectivity index (χ3v) is 15.2. The Morgan fingerprint density at radius 1 is 0.959 bits per heavy atom. The van der Waals surface area contributed by atoms with E-state index in [4.69, 9.17) is 14.2 Å². The van der Waals surface area contributed by atoms with Crippen molar-refractivity contribution in [1.82, 2.24) is 0 Å². The summed E-state index contributed by atoms with van der Waals surface area (Å²) < 4.78 is 16.4. The van der Waals surface area contributed by atoms with E-state index < -0.39 is 47.7 Å². The topological polar surface area (TPSA) is 157 Å². The van der Waals surface area contributed by atoms with Crippen molar-refractivity contribution >= 4 is 23.7 Å². The van der Waals surface area contributed by atoms with E-state index in [0.29, 0.717) is 19.3 Å². The molecule has 10 nitrogen and oxygen atoms in total. The fourth-order valence-electron chi connectivity index (χ4n) is 11.9. The van der Waals surface area contributed by atoms with E-state index in [-0.39, 0.29) is 62.7 Å². The maximum Gasteiger partial charge on any atom is 0.377 e. The molecule has 0 bridgehead atoms. The van der Waals surface area contributed by atoms with Crippen LogP contribution in [-0.2, 0) is 33.4 Å². The van der Waals surface area contributed by atoms with Gasteiger partial charge < -0.3 is 29.5 Å². The second kappa shape index (κ2) is 11.6. The number of ether oxygens (including phenoxy) is 3. The average Bonchev–Trinajstić information content (AvgIpc) is 3.29. The van der Waals surface area contributed by atoms with Gasteiger partial charge in [-0.1, -0.05) is 54.0 Å². The Morgan fingerprint density at radius 2 is 1.63 bits per heavy atom. The molecule has 6 rings (SSSR count). The Balaban J connectivity index is 1.26. The number of hydrogen-bond acceptors (Lipinski definition) is 10. The maximum absolute atomic E-state index is 14.7. The van der Waals surface area contributed by atoms with Crippen LogP contribution >= 0.6 is 0 Å². The van der Waals surface area contributed by atoms with Crippen molar-refractivity contribution in [2.45, 2.75) is 138 Å². The molecule has 3 unspecified atom stereocenters. The van der Waals surface area contributed by atoms with Gasteiger partial charge in [0.15, 0.2) is 17.6 Å². The fourth-order valence-corrected chi connectivity index (χ4v) is 11.9. The van der Waals surface area contributed by atoms with E-state index in [1.807, 2.05) is 19.9 Å². The summed E-state index contributed by atoms with van der Waals surface area (Å²) >= 11 is 0. The minimum atomic E-state index is -1.54. The molecule has 1 aliphatic heterocycles. The first kappa shape index (κ1) is 35.9. The normalized spacial score (nSPS) is 44.8. The number of aliphatic hydroxyl groups excluding tert-OH is 3. The lowest BCUT2D eigenvalue weighted by Crippen LogP contribution is -2.66. The van der Waals surface area contributed by atoms with E-state index in [1.54, 1.807) is 0 Å². The zero-order chi connectivity index (χ0) is 36.1. The van der Waals surface area contributed by atoms with Crippen molar-refractivity contribution in [2.24, 2.45) is 50.2 Å². The molecule has 1 heterocycles. The number of carbonyl (C=O) groups excluding carboxylic acids is 4. The summed E-state index contributed by atoms with van der Waals surface area (Å²) in [7, 11) is 0. The quantitative estimate of drug-likeness (QED) is 0.210. The van der Waals surface area contributed by atoms with Crippen molar-refractivity contribution < 1.29 is 48.7 Å². The first-order valence-electron chi connectivity index (χ1n) is 18.3. The molecule has 0 spiro atoms. The highest BCUT2D eigenvalue weighted by Gasteiger charge is 2.70. The van der Waals surface area contributed by atoms with Crippen LogP contribution in [0.15, 0.2) is 23.2 Å². The van der Waals surface area contributed by atoms with Gasteiger partial charge in [0.1, 0.15) is 18.8 Å². The van der Waals surface area contributed by atoms with Gasteiger partial charge in [-0.25, -0.2) is 4.79 Å². The Morgan fingerprint density at radius 3 is 2.27 bits per heavy atom. The Kier molecular flexibility index (Phi) is 8.49. The summed E-state index contributed by atoms with van der Waals surface area (Å²) in [5, 5.41) is 30.1. The van der Waals surface area contributed by atoms with Crippen LogP contribution in [-0.4, -0.2) is 63.9 Å². The molecule has 49 heavy (non-hydrogen) atoms. The largest absolute Gasteiger partial charge is 0.505 e. The molecular weight excluding hydrogens is 628 g/mol. The summed E-state index contributed by atoms with van der Waals surface area (Å²) in [4.78, 5) is 52.4. The van der Waals surface area contributed by atoms with Gasteiger partial charge in [0.25, 0.3) is 0 Å². The van der Waals surface area contributed by atoms with Gasteiger partial charge >= 0.3 is 17.9 Å². The van der Waals surface area contributed by atoms with Gasteiger partial charge in [0, 0.05) is 17.8 Å². The molecule has 10 heteroatoms. The Hall–Kier alpha value is -2.88. The van der Waals surface area contributed by atoms with E-state index in [2.05, 4.69) is 41.5 Å². The molecule has 0 saturated heterocycles. The summed E-state index contributed by atoms with van der Waals surface area (Å²) in [6.45, 7) is 17.0. The zero-order valence-electron chi connectivity index (χ0n) is 30.5. The monoisotopic (exact) mass is 684 g/mol. The second-order valence-electron chi connectivity index (χ2n) is 18.2. The van der Waals surface area contributed by atoms with Crippen LogP contribution in [0.3, 0.4) is 0 Å². The van der Waals surface area contributed by atoms with Gasteiger partial charge in [-0.2, -0.15) is 0 Å². The second-order valence-corrected chi connectivity index (χ2v) is 18.2. The molecule has 3 N–H and O–H groups in total. The van der Waals surface area contributed by atoms with Crippen LogP contribution in [0.1, 0.15) is 120 Å². The summed E-state index contributed by atoms with van der Waals surface area (Å²) in [6, 6.07) is 0. The highest BCUT2D eigenvalue weighted by molar-refractivity contribution is 5.96. The van der Waals surface area contributed by atoms with E-state index >= 15 is 0 Å². The summed E-state index contributed by atoms with van der Waals surface area (Å²) in [6.07, 6.45) is 6.41. The molecule has 5 aliphatic carbocycles. The fraction of sp³-hybridized carbons (Fsp3) is 0.795. The van der Waals surface area contributed by atoms with Gasteiger partial charge in [-0.15, -0.1) is 0 Å². The van der Waals surface area contributed by atoms with Gasteiger partial charge in [0.05, 0.1) is 5.41 Å². The molecule has 272 valence electrons. The molecule has 4 saturated carbocycles. The van der Waals surface area contributed by atoms with Crippen LogP contribution in [0.4, 0.5) is 0 Å². The van der Waals surface area contributed by atoms with E-state index in [9.17, 15) is 34.5 Å². The van der Waals surface area contributed by atoms with Crippen molar-refractivity contribution in [3.63, 3.8) is 0 Å². The first-order valence-corrected chi connectivity index (χ1v) is 18.3. The number of esters is 3. The molecule has 0 aromatic carbocycles. The molecule has 0 aromatic rings. The Labute approximate surface area is 290 Å². The number of allylic oxidation sites excluding steroid dienone is 2. The summed E-state index contributed by atoms with van der Waals surface area (Å²) in [5.74, 6) is -3.29. The van der Waals surface area contributed by atoms with Crippen LogP contribution in [0.5, 0.6) is 0 Å². The van der Waals surface area contributed by atoms with Crippen molar-refractivity contribution in [1.29, 1.82) is 0 Å². The lowest BCUT2D eigenvalue weighted by Gasteiger charge is -2.70. The molecule has 0 aromatic heterocycles. The van der Waals surface area contributed by atoms with Gasteiger partial charge in [-0.05, 0) is 104 Å². The SMILES string of the molecule is CCC(=O)O[C@H]1CC[C@@]2(C)C(CC[C@]3(C)C2C(=O)C=C2[C@@H]4C[C@@](C)(C(=O)OC[C@H](O)C5OC(=O)C(O)=C5O)CC[C@]4(C)CC[C@]23C)C1(C)C. The van der Waals surface area contributed by atoms with Crippen molar-refractivity contribution in [2.75, 3.05) is 6.61 Å². The number of aliphatic hydroxyl groups is 3. The van der Waals surface area contributed by atoms with Crippen LogP contribution in [0.2, 0.25) is 0 Å². The average molecular weight is 685 g/mol. The predicted octanol–water partition coefficient (Wildman–Crippen LogP) is 6.45. The molecule has 4 fully saturated rings. The van der Waals surface area contributed by atoms with E-state index in [1.165, 1.54) is 5.57 Å². The number of carbonyl (C=O) groups is 4. The van der Waals surface area contributed by atoms with Crippen LogP contribution in [0, 0.1) is 50.2 Å². The third-order valence-electron chi connectivity index (χ3n) is 15.2. The zero-order valence-corrected chi connectivity index (χ0v) is 30.5. The Bertz CT molecular complexity index is 1510. The minimum Gasteiger partial charge on any atom is -0.505 e. The summed E-state index contributed by atoms with van der Waals surface area (Å²) in [5.41, 5.74) is -0.808. The minimum absolute atomic E-state index is 0.00456. The number of ketones is 1. The standard InChI is InChI=1S/C39H56O10/c1-9-27(42)48-26-11-12-37(6)25(34(26,2)3)10-13-39(8)31(37)23(40)18-21-22-19-36(5,15-14-35(22,4)16-17-38(21,39)7)33(46)47-20-24(41)30-28(43)29(44)32(45)49-30/h18,22,24-26,30-31,41,43-44H,9-17,19-20H2,1-8H3/t22-,24-,25?,26-,30?,31?,35+,36-,37-,38+,39+/m0/s1. The molecular formula is C39H56O10. The van der Waals surface area contributed by atoms with Crippen molar-refractivity contribution in [3.05, 3.63) is 23.2 Å². The number of hydrogen-bond donors (Lipinski definition) is 3. The lowest BCUT2D eigenvalue weighted by molar-refractivity contribution is -0.211. The van der Waals surface area contributed by atoms with E-state index in [0.717, 1.165) is 44.9 Å². The first-order chi connectivity index (χ1) is 22.7. The van der Waals surface area contributed by atoms with Crippen molar-refractivity contribution in [3.8, 4) is 0 Å². The van der Waals surface area contributed by atoms with Gasteiger partial charge in [-0.3, -0.25) is 14.4 Å². The number of cyclic esters (lactones) is 1. The smallest absolute Gasteiger partial charge is 0.377 e. The molecule has 0 amide bonds. The number of fused-ring (bicyclic) bond motifs is 7.